The summed E-state index contributed by atoms with van der Waals surface area (Å²) in [5.41, 5.74) is 9.29. The van der Waals surface area contributed by atoms with Gasteiger partial charge in [0.25, 0.3) is 0 Å². The van der Waals surface area contributed by atoms with E-state index in [-0.39, 0.29) is 11.4 Å². The summed E-state index contributed by atoms with van der Waals surface area (Å²) in [7, 11) is 1.41. The van der Waals surface area contributed by atoms with E-state index in [0.29, 0.717) is 6.42 Å². The van der Waals surface area contributed by atoms with Crippen LogP contribution in [0.2, 0.25) is 0 Å². The average molecular weight is 281 g/mol. The molecule has 0 saturated carbocycles. The number of rotatable bonds is 4. The zero-order valence-electron chi connectivity index (χ0n) is 12.4. The lowest BCUT2D eigenvalue weighted by Gasteiger charge is -2.23. The van der Waals surface area contributed by atoms with Crippen LogP contribution in [0.5, 0.6) is 0 Å². The van der Waals surface area contributed by atoms with Crippen molar-refractivity contribution in [2.24, 2.45) is 0 Å². The molecular formula is C15H23NO2S. The number of anilines is 1. The fourth-order valence-electron chi connectivity index (χ4n) is 1.82. The number of hydrogen-bond acceptors (Lipinski definition) is 4. The van der Waals surface area contributed by atoms with Crippen molar-refractivity contribution in [3.05, 3.63) is 23.3 Å². The maximum Gasteiger partial charge on any atom is 0.306 e. The average Bonchev–Trinajstić information content (AvgIpc) is 2.31. The molecular weight excluding hydrogens is 258 g/mol. The third kappa shape index (κ3) is 4.46. The molecule has 0 bridgehead atoms. The number of esters is 1. The van der Waals surface area contributed by atoms with E-state index in [9.17, 15) is 4.79 Å². The van der Waals surface area contributed by atoms with Crippen LogP contribution in [0.1, 0.15) is 38.3 Å². The first-order valence-electron chi connectivity index (χ1n) is 6.36. The number of aryl methyl sites for hydroxylation is 1. The number of thioether (sulfide) groups is 1. The van der Waals surface area contributed by atoms with Crippen LogP contribution < -0.4 is 5.73 Å². The molecule has 0 aliphatic heterocycles. The van der Waals surface area contributed by atoms with Crippen molar-refractivity contribution < 1.29 is 9.53 Å². The zero-order chi connectivity index (χ0) is 14.6. The quantitative estimate of drug-likeness (QED) is 0.521. The lowest BCUT2D eigenvalue weighted by Crippen LogP contribution is -2.15. The van der Waals surface area contributed by atoms with Crippen LogP contribution in [0, 0.1) is 6.92 Å². The fourth-order valence-corrected chi connectivity index (χ4v) is 2.79. The van der Waals surface area contributed by atoms with E-state index >= 15 is 0 Å². The van der Waals surface area contributed by atoms with Gasteiger partial charge in [-0.2, -0.15) is 0 Å². The fraction of sp³-hybridized carbons (Fsp3) is 0.533. The van der Waals surface area contributed by atoms with E-state index in [4.69, 9.17) is 5.73 Å². The van der Waals surface area contributed by atoms with Crippen molar-refractivity contribution in [2.75, 3.05) is 18.6 Å². The highest BCUT2D eigenvalue weighted by Crippen LogP contribution is 2.34. The summed E-state index contributed by atoms with van der Waals surface area (Å²) in [6.45, 7) is 8.48. The third-order valence-electron chi connectivity index (χ3n) is 2.97. The third-order valence-corrected chi connectivity index (χ3v) is 3.95. The first kappa shape index (κ1) is 15.9. The van der Waals surface area contributed by atoms with Gasteiger partial charge in [0.1, 0.15) is 0 Å². The molecule has 1 aromatic rings. The predicted molar refractivity (Wildman–Crippen MR) is 81.6 cm³/mol. The maximum atomic E-state index is 11.1. The smallest absolute Gasteiger partial charge is 0.306 e. The van der Waals surface area contributed by atoms with Gasteiger partial charge in [0.05, 0.1) is 13.5 Å². The second-order valence-corrected chi connectivity index (χ2v) is 6.79. The van der Waals surface area contributed by atoms with E-state index < -0.39 is 0 Å². The number of carbonyl (C=O) groups excluding carboxylic acids is 1. The number of carbonyl (C=O) groups is 1. The Kier molecular flexibility index (Phi) is 5.29. The lowest BCUT2D eigenvalue weighted by molar-refractivity contribution is -0.140. The Morgan fingerprint density at radius 2 is 2.00 bits per heavy atom. The number of hydrogen-bond donors (Lipinski definition) is 1. The molecule has 0 unspecified atom stereocenters. The van der Waals surface area contributed by atoms with E-state index in [2.05, 4.69) is 37.6 Å². The Balaban J connectivity index is 2.86. The van der Waals surface area contributed by atoms with E-state index in [1.165, 1.54) is 7.11 Å². The van der Waals surface area contributed by atoms with Crippen LogP contribution in [0.3, 0.4) is 0 Å². The van der Waals surface area contributed by atoms with Crippen molar-refractivity contribution in [3.8, 4) is 0 Å². The van der Waals surface area contributed by atoms with Crippen molar-refractivity contribution in [3.63, 3.8) is 0 Å². The second kappa shape index (κ2) is 6.33. The summed E-state index contributed by atoms with van der Waals surface area (Å²) < 4.78 is 4.64. The Morgan fingerprint density at radius 1 is 1.37 bits per heavy atom. The molecule has 4 heteroatoms. The van der Waals surface area contributed by atoms with Crippen LogP contribution >= 0.6 is 11.8 Å². The number of benzene rings is 1. The number of ether oxygens (including phenoxy) is 1. The molecule has 0 heterocycles. The summed E-state index contributed by atoms with van der Waals surface area (Å²) in [6, 6.07) is 4.21. The molecule has 106 valence electrons. The van der Waals surface area contributed by atoms with E-state index in [1.54, 1.807) is 11.8 Å². The highest BCUT2D eigenvalue weighted by Gasteiger charge is 2.19. The highest BCUT2D eigenvalue weighted by molar-refractivity contribution is 7.99. The largest absolute Gasteiger partial charge is 0.469 e. The minimum absolute atomic E-state index is 0.0216. The first-order valence-corrected chi connectivity index (χ1v) is 7.34. The Hall–Kier alpha value is -1.16. The van der Waals surface area contributed by atoms with Gasteiger partial charge in [-0.15, -0.1) is 11.8 Å². The Morgan fingerprint density at radius 3 is 2.53 bits per heavy atom. The molecule has 1 rings (SSSR count). The van der Waals surface area contributed by atoms with Gasteiger partial charge >= 0.3 is 5.97 Å². The molecule has 19 heavy (non-hydrogen) atoms. The zero-order valence-corrected chi connectivity index (χ0v) is 13.2. The Labute approximate surface area is 119 Å². The normalized spacial score (nSPS) is 11.4. The minimum atomic E-state index is -0.171. The molecule has 0 atom stereocenters. The van der Waals surface area contributed by atoms with Crippen LogP contribution in [-0.2, 0) is 14.9 Å². The van der Waals surface area contributed by atoms with Gasteiger partial charge in [0, 0.05) is 16.3 Å². The number of nitrogen functional groups attached to an aromatic ring is 1. The molecule has 0 amide bonds. The van der Waals surface area contributed by atoms with Crippen molar-refractivity contribution >= 4 is 23.4 Å². The summed E-state index contributed by atoms with van der Waals surface area (Å²) in [4.78, 5) is 12.2. The lowest BCUT2D eigenvalue weighted by atomic mass is 9.85. The van der Waals surface area contributed by atoms with Crippen molar-refractivity contribution in [2.45, 2.75) is 44.4 Å². The van der Waals surface area contributed by atoms with Gasteiger partial charge in [-0.1, -0.05) is 20.8 Å². The van der Waals surface area contributed by atoms with Crippen LogP contribution in [0.4, 0.5) is 5.69 Å². The Bertz CT molecular complexity index is 464. The minimum Gasteiger partial charge on any atom is -0.469 e. The van der Waals surface area contributed by atoms with E-state index in [0.717, 1.165) is 27.5 Å². The van der Waals surface area contributed by atoms with Gasteiger partial charge in [0.15, 0.2) is 0 Å². The standard InChI is InChI=1S/C15H23NO2S/c1-10-8-11(19-7-6-13(17)18-5)9-12(14(10)16)15(2,3)4/h8-9H,6-7,16H2,1-5H3. The van der Waals surface area contributed by atoms with Gasteiger partial charge in [-0.05, 0) is 35.6 Å². The van der Waals surface area contributed by atoms with Gasteiger partial charge in [-0.3, -0.25) is 4.79 Å². The van der Waals surface area contributed by atoms with Gasteiger partial charge < -0.3 is 10.5 Å². The molecule has 0 fully saturated rings. The highest BCUT2D eigenvalue weighted by atomic mass is 32.2. The van der Waals surface area contributed by atoms with Crippen molar-refractivity contribution in [1.29, 1.82) is 0 Å². The number of methoxy groups -OCH3 is 1. The van der Waals surface area contributed by atoms with E-state index in [1.807, 2.05) is 6.92 Å². The van der Waals surface area contributed by atoms with Gasteiger partial charge in [-0.25, -0.2) is 0 Å². The molecule has 0 radical (unpaired) electrons. The van der Waals surface area contributed by atoms with Crippen molar-refractivity contribution in [1.82, 2.24) is 0 Å². The SMILES string of the molecule is COC(=O)CCSc1cc(C)c(N)c(C(C)(C)C)c1. The summed E-state index contributed by atoms with van der Waals surface area (Å²) in [5, 5.41) is 0. The topological polar surface area (TPSA) is 52.3 Å². The summed E-state index contributed by atoms with van der Waals surface area (Å²) >= 11 is 1.66. The predicted octanol–water partition coefficient (Wildman–Crippen LogP) is 3.53. The molecule has 0 aromatic heterocycles. The van der Waals surface area contributed by atoms with Gasteiger partial charge in [0.2, 0.25) is 0 Å². The molecule has 0 aliphatic carbocycles. The molecule has 0 aliphatic rings. The summed E-state index contributed by atoms with van der Waals surface area (Å²) in [6.07, 6.45) is 0.426. The monoisotopic (exact) mass is 281 g/mol. The molecule has 3 nitrogen and oxygen atoms in total. The van der Waals surface area contributed by atoms with Crippen LogP contribution in [-0.4, -0.2) is 18.8 Å². The van der Waals surface area contributed by atoms with Crippen LogP contribution in [0.15, 0.2) is 17.0 Å². The number of nitrogens with two attached hydrogens (primary N) is 1. The maximum absolute atomic E-state index is 11.1. The summed E-state index contributed by atoms with van der Waals surface area (Å²) in [5.74, 6) is 0.551. The molecule has 1 aromatic carbocycles. The molecule has 2 N–H and O–H groups in total. The second-order valence-electron chi connectivity index (χ2n) is 5.63. The van der Waals surface area contributed by atoms with Crippen LogP contribution in [0.25, 0.3) is 0 Å². The molecule has 0 spiro atoms. The first-order chi connectivity index (χ1) is 8.75. The molecule has 0 saturated heterocycles.